The molecule has 64 heavy (non-hydrogen) atoms. The van der Waals surface area contributed by atoms with E-state index in [1.807, 2.05) is 60.8 Å². The maximum absolute atomic E-state index is 12.8. The molecule has 0 amide bonds. The van der Waals surface area contributed by atoms with Gasteiger partial charge in [-0.15, -0.1) is 0 Å². The summed E-state index contributed by atoms with van der Waals surface area (Å²) in [5.74, 6) is -0.974. The van der Waals surface area contributed by atoms with E-state index in [2.05, 4.69) is 57.2 Å². The standard InChI is InChI=1S/C58H96O6/c1-4-7-10-13-16-19-22-25-27-29-31-33-36-39-42-45-48-51-57(60)63-54-55(53-62-56(59)50-47-44-41-38-35-32-24-21-18-15-12-9-6-3)64-58(61)52-49-46-43-40-37-34-30-28-26-23-20-17-14-11-8-5-2/h7,10,13,16,19,22,25,27-33,35-36,55H,4-6,8-9,11-12,14-15,17-18,20-21,23-24,26,34,37-54H2,1-3H3/b10-7-,16-13-,22-19-,27-25-,30-28-,31-29+,35-32-,36-33-. The van der Waals surface area contributed by atoms with E-state index < -0.39 is 6.10 Å². The number of ether oxygens (including phenoxy) is 3. The third kappa shape index (κ3) is 49.3. The van der Waals surface area contributed by atoms with Gasteiger partial charge in [0.05, 0.1) is 0 Å². The predicted octanol–water partition coefficient (Wildman–Crippen LogP) is 17.4. The Morgan fingerprint density at radius 1 is 0.328 bits per heavy atom. The summed E-state index contributed by atoms with van der Waals surface area (Å²) >= 11 is 0. The van der Waals surface area contributed by atoms with Crippen molar-refractivity contribution in [1.29, 1.82) is 0 Å². The van der Waals surface area contributed by atoms with Gasteiger partial charge < -0.3 is 14.2 Å². The number of hydrogen-bond donors (Lipinski definition) is 0. The molecule has 0 radical (unpaired) electrons. The van der Waals surface area contributed by atoms with Crippen LogP contribution in [0.15, 0.2) is 97.2 Å². The molecule has 0 aromatic rings. The summed E-state index contributed by atoms with van der Waals surface area (Å²) in [5, 5.41) is 0. The summed E-state index contributed by atoms with van der Waals surface area (Å²) in [7, 11) is 0. The number of carbonyl (C=O) groups is 3. The number of esters is 3. The Balaban J connectivity index is 4.52. The molecule has 0 saturated carbocycles. The average Bonchev–Trinajstić information content (AvgIpc) is 3.29. The first-order chi connectivity index (χ1) is 31.5. The zero-order valence-electron chi connectivity index (χ0n) is 41.5. The van der Waals surface area contributed by atoms with Crippen LogP contribution < -0.4 is 0 Å². The Labute approximate surface area is 394 Å². The van der Waals surface area contributed by atoms with Crippen LogP contribution in [-0.4, -0.2) is 37.2 Å². The van der Waals surface area contributed by atoms with E-state index in [0.29, 0.717) is 19.3 Å². The number of rotatable bonds is 46. The molecule has 0 aliphatic heterocycles. The number of hydrogen-bond acceptors (Lipinski definition) is 6. The molecule has 0 aromatic heterocycles. The molecular weight excluding hydrogens is 793 g/mol. The van der Waals surface area contributed by atoms with E-state index in [1.165, 1.54) is 96.3 Å². The van der Waals surface area contributed by atoms with Crippen LogP contribution in [0.25, 0.3) is 0 Å². The summed E-state index contributed by atoms with van der Waals surface area (Å²) in [6, 6.07) is 0. The van der Waals surface area contributed by atoms with Gasteiger partial charge in [-0.25, -0.2) is 0 Å². The van der Waals surface area contributed by atoms with E-state index in [4.69, 9.17) is 14.2 Å². The van der Waals surface area contributed by atoms with Crippen molar-refractivity contribution in [3.63, 3.8) is 0 Å². The lowest BCUT2D eigenvalue weighted by atomic mass is 10.1. The monoisotopic (exact) mass is 889 g/mol. The lowest BCUT2D eigenvalue weighted by molar-refractivity contribution is -0.167. The SMILES string of the molecule is CC\C=C/C=C\C=C/C=C\C=C\C=C/CCCCCC(=O)OCC(COC(=O)CCCCC/C=C\CCCCCCCC)OC(=O)CCCCCCC/C=C\CCCCCCCCC. The van der Waals surface area contributed by atoms with Crippen molar-refractivity contribution in [2.45, 2.75) is 239 Å². The topological polar surface area (TPSA) is 78.9 Å². The molecule has 1 atom stereocenters. The quantitative estimate of drug-likeness (QED) is 0.0199. The van der Waals surface area contributed by atoms with Gasteiger partial charge in [-0.2, -0.15) is 0 Å². The van der Waals surface area contributed by atoms with Crippen LogP contribution in [0.2, 0.25) is 0 Å². The summed E-state index contributed by atoms with van der Waals surface area (Å²) < 4.78 is 16.8. The third-order valence-electron chi connectivity index (χ3n) is 11.0. The lowest BCUT2D eigenvalue weighted by Gasteiger charge is -2.18. The Morgan fingerprint density at radius 3 is 1.02 bits per heavy atom. The van der Waals surface area contributed by atoms with Crippen molar-refractivity contribution < 1.29 is 28.6 Å². The van der Waals surface area contributed by atoms with Crippen LogP contribution in [0.5, 0.6) is 0 Å². The largest absolute Gasteiger partial charge is 0.462 e. The van der Waals surface area contributed by atoms with Gasteiger partial charge in [0.2, 0.25) is 0 Å². The number of unbranched alkanes of at least 4 members (excludes halogenated alkanes) is 24. The number of allylic oxidation sites excluding steroid dienone is 16. The zero-order chi connectivity index (χ0) is 46.5. The van der Waals surface area contributed by atoms with E-state index in [9.17, 15) is 14.4 Å². The summed E-state index contributed by atoms with van der Waals surface area (Å²) in [6.07, 6.45) is 68.1. The summed E-state index contributed by atoms with van der Waals surface area (Å²) in [4.78, 5) is 38.0. The van der Waals surface area contributed by atoms with Gasteiger partial charge in [-0.05, 0) is 89.9 Å². The zero-order valence-corrected chi connectivity index (χ0v) is 41.5. The molecule has 0 rings (SSSR count). The predicted molar refractivity (Wildman–Crippen MR) is 274 cm³/mol. The normalized spacial score (nSPS) is 12.9. The number of carbonyl (C=O) groups excluding carboxylic acids is 3. The van der Waals surface area contributed by atoms with Gasteiger partial charge in [-0.1, -0.05) is 221 Å². The summed E-state index contributed by atoms with van der Waals surface area (Å²) in [6.45, 7) is 6.42. The fraction of sp³-hybridized carbons (Fsp3) is 0.672. The lowest BCUT2D eigenvalue weighted by Crippen LogP contribution is -2.30. The van der Waals surface area contributed by atoms with Crippen molar-refractivity contribution in [1.82, 2.24) is 0 Å². The summed E-state index contributed by atoms with van der Waals surface area (Å²) in [5.41, 5.74) is 0. The van der Waals surface area contributed by atoms with E-state index in [-0.39, 0.29) is 31.1 Å². The highest BCUT2D eigenvalue weighted by molar-refractivity contribution is 5.71. The molecule has 0 fully saturated rings. The van der Waals surface area contributed by atoms with Crippen LogP contribution in [0.4, 0.5) is 0 Å². The van der Waals surface area contributed by atoms with Crippen molar-refractivity contribution in [3.8, 4) is 0 Å². The van der Waals surface area contributed by atoms with Crippen molar-refractivity contribution >= 4 is 17.9 Å². The van der Waals surface area contributed by atoms with Gasteiger partial charge >= 0.3 is 17.9 Å². The second-order valence-electron chi connectivity index (χ2n) is 17.2. The molecule has 0 N–H and O–H groups in total. The maximum atomic E-state index is 12.8. The maximum Gasteiger partial charge on any atom is 0.306 e. The molecule has 0 bridgehead atoms. The van der Waals surface area contributed by atoms with Gasteiger partial charge in [0.15, 0.2) is 6.10 Å². The smallest absolute Gasteiger partial charge is 0.306 e. The highest BCUT2D eigenvalue weighted by Gasteiger charge is 2.19. The second kappa shape index (κ2) is 52.0. The minimum atomic E-state index is -0.807. The molecule has 1 unspecified atom stereocenters. The van der Waals surface area contributed by atoms with Gasteiger partial charge in [0.25, 0.3) is 0 Å². The van der Waals surface area contributed by atoms with E-state index in [1.54, 1.807) is 0 Å². The Morgan fingerprint density at radius 2 is 0.625 bits per heavy atom. The van der Waals surface area contributed by atoms with Gasteiger partial charge in [0, 0.05) is 19.3 Å². The fourth-order valence-corrected chi connectivity index (χ4v) is 6.99. The van der Waals surface area contributed by atoms with E-state index in [0.717, 1.165) is 96.3 Å². The molecule has 6 heteroatoms. The van der Waals surface area contributed by atoms with Crippen molar-refractivity contribution in [2.24, 2.45) is 0 Å². The minimum absolute atomic E-state index is 0.104. The first-order valence-corrected chi connectivity index (χ1v) is 26.3. The molecule has 364 valence electrons. The Hall–Kier alpha value is -3.67. The minimum Gasteiger partial charge on any atom is -0.462 e. The fourth-order valence-electron chi connectivity index (χ4n) is 6.99. The van der Waals surface area contributed by atoms with Crippen molar-refractivity contribution in [3.05, 3.63) is 97.2 Å². The molecule has 0 aliphatic carbocycles. The first-order valence-electron chi connectivity index (χ1n) is 26.3. The second-order valence-corrected chi connectivity index (χ2v) is 17.2. The third-order valence-corrected chi connectivity index (χ3v) is 11.0. The molecule has 6 nitrogen and oxygen atoms in total. The molecular formula is C58H96O6. The molecule has 0 heterocycles. The van der Waals surface area contributed by atoms with Crippen molar-refractivity contribution in [2.75, 3.05) is 13.2 Å². The molecule has 0 spiro atoms. The van der Waals surface area contributed by atoms with Crippen LogP contribution in [-0.2, 0) is 28.6 Å². The van der Waals surface area contributed by atoms with Crippen LogP contribution in [0.3, 0.4) is 0 Å². The average molecular weight is 889 g/mol. The molecule has 0 saturated heterocycles. The van der Waals surface area contributed by atoms with Crippen LogP contribution >= 0.6 is 0 Å². The van der Waals surface area contributed by atoms with Gasteiger partial charge in [0.1, 0.15) is 13.2 Å². The Bertz CT molecular complexity index is 1300. The Kier molecular flexibility index (Phi) is 49.0. The first kappa shape index (κ1) is 60.3. The van der Waals surface area contributed by atoms with Crippen LogP contribution in [0.1, 0.15) is 233 Å². The highest BCUT2D eigenvalue weighted by atomic mass is 16.6. The van der Waals surface area contributed by atoms with Gasteiger partial charge in [-0.3, -0.25) is 14.4 Å². The molecule has 0 aliphatic rings. The van der Waals surface area contributed by atoms with E-state index >= 15 is 0 Å². The highest BCUT2D eigenvalue weighted by Crippen LogP contribution is 2.13. The van der Waals surface area contributed by atoms with Crippen LogP contribution in [0, 0.1) is 0 Å². The molecule has 0 aromatic carbocycles.